The fourth-order valence-corrected chi connectivity index (χ4v) is 2.42. The molecule has 26 heavy (non-hydrogen) atoms. The fourth-order valence-electron chi connectivity index (χ4n) is 2.42. The molecular weight excluding hydrogens is 319 g/mol. The summed E-state index contributed by atoms with van der Waals surface area (Å²) in [6.07, 6.45) is 0. The molecule has 0 aliphatic heterocycles. The highest BCUT2D eigenvalue weighted by molar-refractivity contribution is 5.49. The lowest BCUT2D eigenvalue weighted by atomic mass is 10.1. The van der Waals surface area contributed by atoms with Crippen LogP contribution >= 0.6 is 0 Å². The first kappa shape index (κ1) is 17.5. The molecule has 0 nitrogen and oxygen atoms in total. The molecule has 0 heterocycles. The second-order valence-corrected chi connectivity index (χ2v) is 6.34. The average Bonchev–Trinajstić information content (AvgIpc) is 2.64. The Hall–Kier alpha value is -3.29. The Balaban J connectivity index is 1.75. The highest BCUT2D eigenvalue weighted by Gasteiger charge is 1.97. The molecule has 3 aromatic carbocycles. The molecule has 1 heteroatoms. The molecule has 0 aromatic heterocycles. The van der Waals surface area contributed by atoms with Crippen LogP contribution in [0.25, 0.3) is 0 Å². The monoisotopic (exact) mass is 338 g/mol. The van der Waals surface area contributed by atoms with Crippen LogP contribution in [-0.2, 0) is 0 Å². The van der Waals surface area contributed by atoms with E-state index in [1.165, 1.54) is 17.2 Å². The fraction of sp³-hybridized carbons (Fsp3) is 0.120. The first-order chi connectivity index (χ1) is 12.5. The Bertz CT molecular complexity index is 977. The standard InChI is InChI=1S/C25H19F/c1-18-4-6-23(16-20(18)3)14-12-21-8-10-22(11-9-21)13-15-24-7-5-19(2)25(26)17-24/h4-11,16-17H,1-3H3. The van der Waals surface area contributed by atoms with Gasteiger partial charge in [-0.3, -0.25) is 0 Å². The second-order valence-electron chi connectivity index (χ2n) is 6.34. The van der Waals surface area contributed by atoms with E-state index in [1.54, 1.807) is 13.0 Å². The van der Waals surface area contributed by atoms with Gasteiger partial charge in [0.05, 0.1) is 0 Å². The minimum atomic E-state index is -0.228. The zero-order valence-electron chi connectivity index (χ0n) is 15.2. The van der Waals surface area contributed by atoms with Crippen LogP contribution in [0.3, 0.4) is 0 Å². The topological polar surface area (TPSA) is 0 Å². The summed E-state index contributed by atoms with van der Waals surface area (Å²) >= 11 is 0. The maximum Gasteiger partial charge on any atom is 0.127 e. The van der Waals surface area contributed by atoms with Crippen molar-refractivity contribution in [2.75, 3.05) is 0 Å². The molecule has 3 rings (SSSR count). The lowest BCUT2D eigenvalue weighted by Crippen LogP contribution is -1.84. The van der Waals surface area contributed by atoms with Crippen molar-refractivity contribution in [3.63, 3.8) is 0 Å². The molecular formula is C25H19F. The van der Waals surface area contributed by atoms with Crippen molar-refractivity contribution in [1.82, 2.24) is 0 Å². The van der Waals surface area contributed by atoms with Gasteiger partial charge in [0.15, 0.2) is 0 Å². The van der Waals surface area contributed by atoms with E-state index in [1.807, 2.05) is 36.4 Å². The molecule has 3 aromatic rings. The van der Waals surface area contributed by atoms with Crippen molar-refractivity contribution < 1.29 is 4.39 Å². The van der Waals surface area contributed by atoms with Crippen LogP contribution in [0.2, 0.25) is 0 Å². The van der Waals surface area contributed by atoms with Gasteiger partial charge in [0.1, 0.15) is 5.82 Å². The highest BCUT2D eigenvalue weighted by atomic mass is 19.1. The Morgan fingerprint density at radius 2 is 0.923 bits per heavy atom. The third kappa shape index (κ3) is 4.41. The lowest BCUT2D eigenvalue weighted by molar-refractivity contribution is 0.618. The molecule has 0 radical (unpaired) electrons. The minimum absolute atomic E-state index is 0.228. The summed E-state index contributed by atoms with van der Waals surface area (Å²) in [5.74, 6) is 12.2. The largest absolute Gasteiger partial charge is 0.207 e. The van der Waals surface area contributed by atoms with Gasteiger partial charge in [-0.1, -0.05) is 35.8 Å². The summed E-state index contributed by atoms with van der Waals surface area (Å²) in [4.78, 5) is 0. The van der Waals surface area contributed by atoms with Gasteiger partial charge in [0.2, 0.25) is 0 Å². The van der Waals surface area contributed by atoms with Crippen LogP contribution in [0.5, 0.6) is 0 Å². The summed E-state index contributed by atoms with van der Waals surface area (Å²) in [5, 5.41) is 0. The normalized spacial score (nSPS) is 9.69. The summed E-state index contributed by atoms with van der Waals surface area (Å²) in [6, 6.07) is 19.0. The van der Waals surface area contributed by atoms with Gasteiger partial charge < -0.3 is 0 Å². The zero-order valence-corrected chi connectivity index (χ0v) is 15.2. The van der Waals surface area contributed by atoms with Gasteiger partial charge in [0.25, 0.3) is 0 Å². The second kappa shape index (κ2) is 7.73. The molecule has 0 saturated carbocycles. The average molecular weight is 338 g/mol. The van der Waals surface area contributed by atoms with Gasteiger partial charge >= 0.3 is 0 Å². The first-order valence-electron chi connectivity index (χ1n) is 8.49. The van der Waals surface area contributed by atoms with Crippen molar-refractivity contribution in [2.45, 2.75) is 20.8 Å². The van der Waals surface area contributed by atoms with E-state index >= 15 is 0 Å². The summed E-state index contributed by atoms with van der Waals surface area (Å²) < 4.78 is 13.5. The molecule has 0 bridgehead atoms. The lowest BCUT2D eigenvalue weighted by Gasteiger charge is -1.99. The van der Waals surface area contributed by atoms with Crippen LogP contribution in [0.4, 0.5) is 4.39 Å². The maximum atomic E-state index is 13.5. The zero-order chi connectivity index (χ0) is 18.5. The number of rotatable bonds is 0. The van der Waals surface area contributed by atoms with Crippen molar-refractivity contribution in [2.24, 2.45) is 0 Å². The van der Waals surface area contributed by atoms with E-state index < -0.39 is 0 Å². The van der Waals surface area contributed by atoms with Gasteiger partial charge in [-0.05, 0) is 86.0 Å². The van der Waals surface area contributed by atoms with E-state index in [9.17, 15) is 4.39 Å². The van der Waals surface area contributed by atoms with Crippen LogP contribution in [0.1, 0.15) is 38.9 Å². The Morgan fingerprint density at radius 1 is 0.500 bits per heavy atom. The smallest absolute Gasteiger partial charge is 0.127 e. The van der Waals surface area contributed by atoms with Crippen molar-refractivity contribution in [1.29, 1.82) is 0 Å². The summed E-state index contributed by atoms with van der Waals surface area (Å²) in [6.45, 7) is 5.93. The van der Waals surface area contributed by atoms with Crippen molar-refractivity contribution in [3.8, 4) is 23.7 Å². The molecule has 0 unspecified atom stereocenters. The van der Waals surface area contributed by atoms with E-state index in [-0.39, 0.29) is 5.82 Å². The summed E-state index contributed by atoms with van der Waals surface area (Å²) in [7, 11) is 0. The van der Waals surface area contributed by atoms with Crippen LogP contribution in [-0.4, -0.2) is 0 Å². The Morgan fingerprint density at radius 3 is 1.42 bits per heavy atom. The predicted octanol–water partition coefficient (Wildman–Crippen LogP) is 5.55. The number of halogens is 1. The van der Waals surface area contributed by atoms with Crippen molar-refractivity contribution >= 4 is 0 Å². The van der Waals surface area contributed by atoms with Gasteiger partial charge in [-0.25, -0.2) is 4.39 Å². The van der Waals surface area contributed by atoms with E-state index in [4.69, 9.17) is 0 Å². The van der Waals surface area contributed by atoms with Gasteiger partial charge in [-0.15, -0.1) is 0 Å². The molecule has 0 saturated heterocycles. The minimum Gasteiger partial charge on any atom is -0.207 e. The van der Waals surface area contributed by atoms with E-state index in [0.29, 0.717) is 11.1 Å². The SMILES string of the molecule is Cc1ccc(C#Cc2ccc(C#Cc3ccc(C)c(F)c3)cc2)cc1C. The van der Waals surface area contributed by atoms with Gasteiger partial charge in [-0.2, -0.15) is 0 Å². The van der Waals surface area contributed by atoms with Crippen LogP contribution in [0, 0.1) is 50.3 Å². The third-order valence-corrected chi connectivity index (χ3v) is 4.27. The molecule has 0 fully saturated rings. The predicted molar refractivity (Wildman–Crippen MR) is 105 cm³/mol. The Kier molecular flexibility index (Phi) is 5.21. The molecule has 0 aliphatic rings. The summed E-state index contributed by atoms with van der Waals surface area (Å²) in [5.41, 5.74) is 6.65. The quantitative estimate of drug-likeness (QED) is 0.471. The number of aryl methyl sites for hydroxylation is 3. The number of benzene rings is 3. The molecule has 0 amide bonds. The maximum absolute atomic E-state index is 13.5. The van der Waals surface area contributed by atoms with Crippen LogP contribution in [0.15, 0.2) is 60.7 Å². The van der Waals surface area contributed by atoms with Crippen molar-refractivity contribution in [3.05, 3.63) is 105 Å². The van der Waals surface area contributed by atoms with E-state index in [2.05, 4.69) is 49.7 Å². The molecule has 0 N–H and O–H groups in total. The van der Waals surface area contributed by atoms with Crippen LogP contribution < -0.4 is 0 Å². The Labute approximate surface area is 154 Å². The number of hydrogen-bond acceptors (Lipinski definition) is 0. The van der Waals surface area contributed by atoms with E-state index in [0.717, 1.165) is 16.7 Å². The molecule has 126 valence electrons. The molecule has 0 atom stereocenters. The first-order valence-corrected chi connectivity index (χ1v) is 8.49. The molecule has 0 aliphatic carbocycles. The number of hydrogen-bond donors (Lipinski definition) is 0. The highest BCUT2D eigenvalue weighted by Crippen LogP contribution is 2.10. The third-order valence-electron chi connectivity index (χ3n) is 4.27. The van der Waals surface area contributed by atoms with Gasteiger partial charge in [0, 0.05) is 22.3 Å². The molecule has 0 spiro atoms.